The highest BCUT2D eigenvalue weighted by molar-refractivity contribution is 7.90. The van der Waals surface area contributed by atoms with Gasteiger partial charge in [-0.25, -0.2) is 13.1 Å². The van der Waals surface area contributed by atoms with Crippen molar-refractivity contribution in [3.63, 3.8) is 0 Å². The lowest BCUT2D eigenvalue weighted by Gasteiger charge is -2.32. The molecule has 0 N–H and O–H groups in total. The van der Waals surface area contributed by atoms with Crippen LogP contribution in [0.15, 0.2) is 59.5 Å². The van der Waals surface area contributed by atoms with Crippen LogP contribution in [-0.4, -0.2) is 53.3 Å². The number of nitrogens with zero attached hydrogens (tertiary/aromatic N) is 4. The van der Waals surface area contributed by atoms with E-state index in [2.05, 4.69) is 5.10 Å². The first kappa shape index (κ1) is 22.7. The minimum atomic E-state index is -3.27. The SMILES string of the molecule is Cc1cc(C2CCN(C(=O)c3ccc([N+](=O)[O-])cc3)CC2)n(-c2ccc(S(C)(=O)=O)cc2)n1. The van der Waals surface area contributed by atoms with Gasteiger partial charge < -0.3 is 4.90 Å². The van der Waals surface area contributed by atoms with E-state index in [4.69, 9.17) is 0 Å². The number of hydrogen-bond acceptors (Lipinski definition) is 6. The third kappa shape index (κ3) is 4.80. The second-order valence-corrected chi connectivity index (χ2v) is 10.3. The van der Waals surface area contributed by atoms with E-state index >= 15 is 0 Å². The number of nitro benzene ring substituents is 1. The highest BCUT2D eigenvalue weighted by Gasteiger charge is 2.27. The van der Waals surface area contributed by atoms with Gasteiger partial charge in [0.05, 0.1) is 21.2 Å². The number of amides is 1. The zero-order valence-electron chi connectivity index (χ0n) is 18.3. The standard InChI is InChI=1S/C23H24N4O5S/c1-16-15-22(26(24-16)19-7-9-21(10-8-19)33(2,31)32)17-11-13-25(14-12-17)23(28)18-3-5-20(6-4-18)27(29)30/h3-10,15,17H,11-14H2,1-2H3. The maximum Gasteiger partial charge on any atom is 0.269 e. The molecule has 9 nitrogen and oxygen atoms in total. The van der Waals surface area contributed by atoms with Gasteiger partial charge in [0.2, 0.25) is 0 Å². The molecule has 2 aromatic carbocycles. The van der Waals surface area contributed by atoms with Crippen LogP contribution in [0, 0.1) is 17.0 Å². The van der Waals surface area contributed by atoms with Gasteiger partial charge in [0.1, 0.15) is 0 Å². The molecule has 0 unspecified atom stereocenters. The topological polar surface area (TPSA) is 115 Å². The number of aromatic nitrogens is 2. The number of piperidine rings is 1. The molecule has 0 spiro atoms. The van der Waals surface area contributed by atoms with E-state index in [1.54, 1.807) is 29.2 Å². The van der Waals surface area contributed by atoms with Crippen LogP contribution >= 0.6 is 0 Å². The van der Waals surface area contributed by atoms with Crippen molar-refractivity contribution in [2.24, 2.45) is 0 Å². The van der Waals surface area contributed by atoms with Gasteiger partial charge in [-0.05, 0) is 62.2 Å². The number of nitro groups is 1. The van der Waals surface area contributed by atoms with Crippen LogP contribution in [0.3, 0.4) is 0 Å². The third-order valence-electron chi connectivity index (χ3n) is 5.89. The molecule has 33 heavy (non-hydrogen) atoms. The molecule has 1 amide bonds. The molecule has 172 valence electrons. The van der Waals surface area contributed by atoms with E-state index in [1.807, 2.05) is 17.7 Å². The molecule has 0 aliphatic carbocycles. The number of carbonyl (C=O) groups is 1. The van der Waals surface area contributed by atoms with E-state index in [-0.39, 0.29) is 22.4 Å². The summed E-state index contributed by atoms with van der Waals surface area (Å²) in [5.74, 6) is 0.0612. The zero-order valence-corrected chi connectivity index (χ0v) is 19.2. The summed E-state index contributed by atoms with van der Waals surface area (Å²) < 4.78 is 25.3. The number of sulfone groups is 1. The van der Waals surface area contributed by atoms with Crippen molar-refractivity contribution in [2.45, 2.75) is 30.6 Å². The quantitative estimate of drug-likeness (QED) is 0.418. The first-order valence-electron chi connectivity index (χ1n) is 10.5. The van der Waals surface area contributed by atoms with Crippen LogP contribution in [0.5, 0.6) is 0 Å². The molecule has 0 saturated carbocycles. The molecule has 1 aromatic heterocycles. The van der Waals surface area contributed by atoms with Crippen LogP contribution in [-0.2, 0) is 9.84 Å². The zero-order chi connectivity index (χ0) is 23.8. The smallest absolute Gasteiger partial charge is 0.269 e. The van der Waals surface area contributed by atoms with Gasteiger partial charge in [0, 0.05) is 48.7 Å². The Morgan fingerprint density at radius 1 is 1.06 bits per heavy atom. The van der Waals surface area contributed by atoms with Gasteiger partial charge in [-0.2, -0.15) is 5.10 Å². The van der Waals surface area contributed by atoms with Crippen molar-refractivity contribution in [3.05, 3.63) is 81.7 Å². The van der Waals surface area contributed by atoms with Crippen molar-refractivity contribution in [2.75, 3.05) is 19.3 Å². The number of hydrogen-bond donors (Lipinski definition) is 0. The highest BCUT2D eigenvalue weighted by Crippen LogP contribution is 2.31. The van der Waals surface area contributed by atoms with Crippen molar-refractivity contribution in [1.29, 1.82) is 0 Å². The maximum atomic E-state index is 12.8. The second kappa shape index (κ2) is 8.78. The monoisotopic (exact) mass is 468 g/mol. The Labute approximate surface area is 191 Å². The lowest BCUT2D eigenvalue weighted by molar-refractivity contribution is -0.384. The number of benzene rings is 2. The van der Waals surface area contributed by atoms with Gasteiger partial charge in [-0.15, -0.1) is 0 Å². The van der Waals surface area contributed by atoms with Crippen LogP contribution in [0.25, 0.3) is 5.69 Å². The first-order chi connectivity index (χ1) is 15.6. The van der Waals surface area contributed by atoms with E-state index in [9.17, 15) is 23.3 Å². The average molecular weight is 469 g/mol. The van der Waals surface area contributed by atoms with Crippen LogP contribution in [0.4, 0.5) is 5.69 Å². The third-order valence-corrected chi connectivity index (χ3v) is 7.02. The number of non-ortho nitro benzene ring substituents is 1. The Kier molecular flexibility index (Phi) is 6.03. The number of rotatable bonds is 5. The minimum Gasteiger partial charge on any atom is -0.339 e. The Hall–Kier alpha value is -3.53. The number of likely N-dealkylation sites (tertiary alicyclic amines) is 1. The Bertz CT molecular complexity index is 1290. The molecular formula is C23H24N4O5S. The normalized spacial score (nSPS) is 14.9. The average Bonchev–Trinajstić information content (AvgIpc) is 3.20. The summed E-state index contributed by atoms with van der Waals surface area (Å²) in [6.45, 7) is 3.05. The van der Waals surface area contributed by atoms with Crippen molar-refractivity contribution in [3.8, 4) is 5.69 Å². The molecule has 2 heterocycles. The van der Waals surface area contributed by atoms with Gasteiger partial charge in [0.25, 0.3) is 11.6 Å². The van der Waals surface area contributed by atoms with Crippen LogP contribution in [0.2, 0.25) is 0 Å². The van der Waals surface area contributed by atoms with Crippen LogP contribution < -0.4 is 0 Å². The van der Waals surface area contributed by atoms with Gasteiger partial charge in [-0.3, -0.25) is 14.9 Å². The lowest BCUT2D eigenvalue weighted by atomic mass is 9.92. The minimum absolute atomic E-state index is 0.0431. The van der Waals surface area contributed by atoms with Crippen LogP contribution in [0.1, 0.15) is 40.5 Å². The summed E-state index contributed by atoms with van der Waals surface area (Å²) >= 11 is 0. The molecular weight excluding hydrogens is 444 g/mol. The summed E-state index contributed by atoms with van der Waals surface area (Å²) in [5.41, 5.74) is 3.07. The molecule has 10 heteroatoms. The fraction of sp³-hybridized carbons (Fsp3) is 0.304. The molecule has 1 fully saturated rings. The fourth-order valence-electron chi connectivity index (χ4n) is 4.14. The Balaban J connectivity index is 1.48. The highest BCUT2D eigenvalue weighted by atomic mass is 32.2. The largest absolute Gasteiger partial charge is 0.339 e. The molecule has 3 aromatic rings. The number of carbonyl (C=O) groups excluding carboxylic acids is 1. The summed E-state index contributed by atoms with van der Waals surface area (Å²) in [4.78, 5) is 25.2. The second-order valence-electron chi connectivity index (χ2n) is 8.26. The van der Waals surface area contributed by atoms with E-state index in [0.717, 1.165) is 29.9 Å². The fourth-order valence-corrected chi connectivity index (χ4v) is 4.77. The first-order valence-corrected chi connectivity index (χ1v) is 12.4. The molecule has 1 aliphatic rings. The van der Waals surface area contributed by atoms with Crippen molar-refractivity contribution < 1.29 is 18.1 Å². The van der Waals surface area contributed by atoms with E-state index in [0.29, 0.717) is 18.7 Å². The van der Waals surface area contributed by atoms with Crippen molar-refractivity contribution >= 4 is 21.4 Å². The van der Waals surface area contributed by atoms with E-state index < -0.39 is 14.8 Å². The summed E-state index contributed by atoms with van der Waals surface area (Å²) in [6, 6.07) is 14.4. The predicted octanol–water partition coefficient (Wildman–Crippen LogP) is 3.51. The molecule has 4 rings (SSSR count). The van der Waals surface area contributed by atoms with Gasteiger partial charge >= 0.3 is 0 Å². The maximum absolute atomic E-state index is 12.8. The Morgan fingerprint density at radius 3 is 2.21 bits per heavy atom. The predicted molar refractivity (Wildman–Crippen MR) is 122 cm³/mol. The van der Waals surface area contributed by atoms with Crippen molar-refractivity contribution in [1.82, 2.24) is 14.7 Å². The summed E-state index contributed by atoms with van der Waals surface area (Å²) in [6.07, 6.45) is 2.69. The van der Waals surface area contributed by atoms with Gasteiger partial charge in [-0.1, -0.05) is 0 Å². The Morgan fingerprint density at radius 2 is 1.67 bits per heavy atom. The summed E-state index contributed by atoms with van der Waals surface area (Å²) in [5, 5.41) is 15.4. The molecule has 0 bridgehead atoms. The lowest BCUT2D eigenvalue weighted by Crippen LogP contribution is -2.38. The summed E-state index contributed by atoms with van der Waals surface area (Å²) in [7, 11) is -3.27. The molecule has 1 aliphatic heterocycles. The molecule has 1 saturated heterocycles. The molecule has 0 atom stereocenters. The number of aryl methyl sites for hydroxylation is 1. The van der Waals surface area contributed by atoms with Gasteiger partial charge in [0.15, 0.2) is 9.84 Å². The molecule has 0 radical (unpaired) electrons. The van der Waals surface area contributed by atoms with E-state index in [1.165, 1.54) is 30.5 Å².